The number of carbonyl (C=O) groups is 1. The monoisotopic (exact) mass is 292 g/mol. The number of nitrogens with one attached hydrogen (secondary N) is 2. The Balaban J connectivity index is 1.37. The average Bonchev–Trinajstić information content (AvgIpc) is 3.15. The average molecular weight is 292 g/mol. The molecule has 21 heavy (non-hydrogen) atoms. The van der Waals surface area contributed by atoms with E-state index in [0.29, 0.717) is 13.1 Å². The molecule has 0 spiro atoms. The maximum Gasteiger partial charge on any atom is 0.234 e. The fourth-order valence-corrected chi connectivity index (χ4v) is 2.47. The molecule has 1 amide bonds. The highest BCUT2D eigenvalue weighted by atomic mass is 16.7. The fraction of sp³-hybridized carbons (Fsp3) is 0.533. The molecule has 1 aromatic carbocycles. The van der Waals surface area contributed by atoms with Crippen LogP contribution in [0.25, 0.3) is 0 Å². The van der Waals surface area contributed by atoms with Crippen LogP contribution in [0.1, 0.15) is 18.4 Å². The first kappa shape index (κ1) is 14.2. The summed E-state index contributed by atoms with van der Waals surface area (Å²) in [5, 5.41) is 6.00. The lowest BCUT2D eigenvalue weighted by molar-refractivity contribution is -0.120. The van der Waals surface area contributed by atoms with E-state index in [0.717, 1.165) is 43.1 Å². The molecule has 1 saturated heterocycles. The molecule has 2 aliphatic rings. The van der Waals surface area contributed by atoms with Crippen molar-refractivity contribution in [1.29, 1.82) is 0 Å². The molecule has 2 heterocycles. The maximum atomic E-state index is 11.8. The van der Waals surface area contributed by atoms with Crippen molar-refractivity contribution >= 4 is 5.91 Å². The molecule has 2 aliphatic heterocycles. The summed E-state index contributed by atoms with van der Waals surface area (Å²) in [6.45, 7) is 2.62. The Hall–Kier alpha value is -1.79. The quantitative estimate of drug-likeness (QED) is 0.812. The maximum absolute atomic E-state index is 11.8. The second-order valence-corrected chi connectivity index (χ2v) is 5.23. The van der Waals surface area contributed by atoms with Crippen molar-refractivity contribution in [2.75, 3.05) is 26.5 Å². The zero-order valence-electron chi connectivity index (χ0n) is 11.9. The Morgan fingerprint density at radius 2 is 2.19 bits per heavy atom. The predicted octanol–water partition coefficient (Wildman–Crippen LogP) is 0.800. The first-order valence-electron chi connectivity index (χ1n) is 7.29. The third-order valence-electron chi connectivity index (χ3n) is 3.61. The summed E-state index contributed by atoms with van der Waals surface area (Å²) >= 11 is 0. The summed E-state index contributed by atoms with van der Waals surface area (Å²) in [5.74, 6) is 1.47. The van der Waals surface area contributed by atoms with Crippen molar-refractivity contribution in [1.82, 2.24) is 10.6 Å². The van der Waals surface area contributed by atoms with Crippen LogP contribution >= 0.6 is 0 Å². The van der Waals surface area contributed by atoms with Gasteiger partial charge in [0.25, 0.3) is 0 Å². The zero-order chi connectivity index (χ0) is 14.5. The second kappa shape index (κ2) is 6.78. The molecule has 0 bridgehead atoms. The minimum atomic E-state index is -0.0225. The largest absolute Gasteiger partial charge is 0.454 e. The standard InChI is InChI=1S/C15H20N2O4/c18-15(9-16-8-12-2-1-5-19-12)17-7-11-3-4-13-14(6-11)21-10-20-13/h3-4,6,12,16H,1-2,5,7-10H2,(H,17,18). The number of fused-ring (bicyclic) bond motifs is 1. The molecular weight excluding hydrogens is 272 g/mol. The topological polar surface area (TPSA) is 68.8 Å². The van der Waals surface area contributed by atoms with Gasteiger partial charge in [-0.3, -0.25) is 4.79 Å². The molecule has 6 nitrogen and oxygen atoms in total. The molecule has 0 saturated carbocycles. The molecule has 6 heteroatoms. The number of benzene rings is 1. The van der Waals surface area contributed by atoms with Crippen LogP contribution in [0.4, 0.5) is 0 Å². The first-order valence-corrected chi connectivity index (χ1v) is 7.29. The first-order chi connectivity index (χ1) is 10.3. The number of hydrogen-bond acceptors (Lipinski definition) is 5. The summed E-state index contributed by atoms with van der Waals surface area (Å²) in [7, 11) is 0. The molecule has 0 aromatic heterocycles. The van der Waals surface area contributed by atoms with Gasteiger partial charge >= 0.3 is 0 Å². The van der Waals surface area contributed by atoms with Gasteiger partial charge in [0.2, 0.25) is 12.7 Å². The number of carbonyl (C=O) groups excluding carboxylic acids is 1. The van der Waals surface area contributed by atoms with Crippen LogP contribution in [0.2, 0.25) is 0 Å². The molecule has 1 fully saturated rings. The van der Waals surface area contributed by atoms with Crippen molar-refractivity contribution in [2.24, 2.45) is 0 Å². The van der Waals surface area contributed by atoms with Gasteiger partial charge in [-0.15, -0.1) is 0 Å². The summed E-state index contributed by atoms with van der Waals surface area (Å²) in [6, 6.07) is 5.68. The molecule has 1 aromatic rings. The van der Waals surface area contributed by atoms with E-state index in [1.165, 1.54) is 0 Å². The SMILES string of the molecule is O=C(CNCC1CCCO1)NCc1ccc2c(c1)OCO2. The van der Waals surface area contributed by atoms with Crippen LogP contribution in [0.15, 0.2) is 18.2 Å². The van der Waals surface area contributed by atoms with Crippen molar-refractivity contribution in [2.45, 2.75) is 25.5 Å². The van der Waals surface area contributed by atoms with Crippen molar-refractivity contribution in [3.05, 3.63) is 23.8 Å². The second-order valence-electron chi connectivity index (χ2n) is 5.23. The zero-order valence-corrected chi connectivity index (χ0v) is 11.9. The Morgan fingerprint density at radius 1 is 1.29 bits per heavy atom. The number of ether oxygens (including phenoxy) is 3. The summed E-state index contributed by atoms with van der Waals surface area (Å²) in [4.78, 5) is 11.8. The van der Waals surface area contributed by atoms with Crippen LogP contribution in [-0.2, 0) is 16.1 Å². The van der Waals surface area contributed by atoms with Crippen LogP contribution in [0, 0.1) is 0 Å². The minimum Gasteiger partial charge on any atom is -0.454 e. The third kappa shape index (κ3) is 3.86. The predicted molar refractivity (Wildman–Crippen MR) is 76.3 cm³/mol. The van der Waals surface area contributed by atoms with Gasteiger partial charge in [0.15, 0.2) is 11.5 Å². The van der Waals surface area contributed by atoms with Gasteiger partial charge in [0, 0.05) is 19.7 Å². The lowest BCUT2D eigenvalue weighted by Gasteiger charge is -2.11. The molecule has 2 N–H and O–H groups in total. The van der Waals surface area contributed by atoms with Crippen LogP contribution < -0.4 is 20.1 Å². The Kier molecular flexibility index (Phi) is 4.57. The molecule has 0 aliphatic carbocycles. The van der Waals surface area contributed by atoms with E-state index < -0.39 is 0 Å². The Labute approximate surface area is 123 Å². The van der Waals surface area contributed by atoms with E-state index in [4.69, 9.17) is 14.2 Å². The van der Waals surface area contributed by atoms with E-state index in [-0.39, 0.29) is 18.8 Å². The molecule has 3 rings (SSSR count). The highest BCUT2D eigenvalue weighted by Crippen LogP contribution is 2.32. The van der Waals surface area contributed by atoms with E-state index in [1.54, 1.807) is 0 Å². The third-order valence-corrected chi connectivity index (χ3v) is 3.61. The highest BCUT2D eigenvalue weighted by molar-refractivity contribution is 5.78. The molecule has 1 unspecified atom stereocenters. The van der Waals surface area contributed by atoms with Gasteiger partial charge < -0.3 is 24.8 Å². The van der Waals surface area contributed by atoms with Crippen molar-refractivity contribution in [3.8, 4) is 11.5 Å². The molecule has 1 atom stereocenters. The Bertz CT molecular complexity index is 500. The smallest absolute Gasteiger partial charge is 0.234 e. The van der Waals surface area contributed by atoms with Crippen LogP contribution in [-0.4, -0.2) is 38.5 Å². The number of amides is 1. The number of rotatable bonds is 6. The lowest BCUT2D eigenvalue weighted by atomic mass is 10.2. The summed E-state index contributed by atoms with van der Waals surface area (Å²) in [5.41, 5.74) is 0.992. The minimum absolute atomic E-state index is 0.0225. The van der Waals surface area contributed by atoms with E-state index in [9.17, 15) is 4.79 Å². The fourth-order valence-electron chi connectivity index (χ4n) is 2.47. The molecular formula is C15H20N2O4. The van der Waals surface area contributed by atoms with Gasteiger partial charge in [-0.1, -0.05) is 6.07 Å². The van der Waals surface area contributed by atoms with E-state index in [2.05, 4.69) is 10.6 Å². The highest BCUT2D eigenvalue weighted by Gasteiger charge is 2.15. The van der Waals surface area contributed by atoms with Crippen molar-refractivity contribution in [3.63, 3.8) is 0 Å². The molecule has 114 valence electrons. The van der Waals surface area contributed by atoms with Gasteiger partial charge in [-0.05, 0) is 30.5 Å². The van der Waals surface area contributed by atoms with Gasteiger partial charge in [-0.2, -0.15) is 0 Å². The van der Waals surface area contributed by atoms with E-state index in [1.807, 2.05) is 18.2 Å². The van der Waals surface area contributed by atoms with Crippen LogP contribution in [0.5, 0.6) is 11.5 Å². The Morgan fingerprint density at radius 3 is 3.05 bits per heavy atom. The van der Waals surface area contributed by atoms with Gasteiger partial charge in [0.1, 0.15) is 0 Å². The number of hydrogen-bond donors (Lipinski definition) is 2. The van der Waals surface area contributed by atoms with E-state index >= 15 is 0 Å². The molecule has 0 radical (unpaired) electrons. The van der Waals surface area contributed by atoms with Crippen molar-refractivity contribution < 1.29 is 19.0 Å². The normalized spacial score (nSPS) is 19.7. The van der Waals surface area contributed by atoms with Gasteiger partial charge in [0.05, 0.1) is 12.6 Å². The summed E-state index contributed by atoms with van der Waals surface area (Å²) < 4.78 is 16.0. The van der Waals surface area contributed by atoms with Gasteiger partial charge in [-0.25, -0.2) is 0 Å². The lowest BCUT2D eigenvalue weighted by Crippen LogP contribution is -2.36. The van der Waals surface area contributed by atoms with Crippen LogP contribution in [0.3, 0.4) is 0 Å². The summed E-state index contributed by atoms with van der Waals surface area (Å²) in [6.07, 6.45) is 2.45.